The van der Waals surface area contributed by atoms with E-state index in [2.05, 4.69) is 13.8 Å². The Morgan fingerprint density at radius 1 is 0.698 bits per heavy atom. The molecule has 0 heterocycles. The van der Waals surface area contributed by atoms with E-state index in [0.29, 0.717) is 61.6 Å². The van der Waals surface area contributed by atoms with Crippen molar-refractivity contribution in [3.05, 3.63) is 23.3 Å². The molecule has 1 spiro atoms. The van der Waals surface area contributed by atoms with Gasteiger partial charge in [0.05, 0.1) is 5.60 Å². The van der Waals surface area contributed by atoms with Gasteiger partial charge in [0.1, 0.15) is 17.0 Å². The molecule has 9 fully saturated rings. The molecule has 8 heteroatoms. The minimum absolute atomic E-state index is 0.0152. The molecule has 0 saturated heterocycles. The third-order valence-corrected chi connectivity index (χ3v) is 19.1. The van der Waals surface area contributed by atoms with Crippen LogP contribution in [0.3, 0.4) is 0 Å². The second kappa shape index (κ2) is 11.0. The molecule has 11 aliphatic rings. The molecule has 2 bridgehead atoms. The van der Waals surface area contributed by atoms with Crippen LogP contribution in [0.15, 0.2) is 23.3 Å². The zero-order valence-electron chi connectivity index (χ0n) is 32.4. The number of allylic oxidation sites excluding steroid dienone is 1. The van der Waals surface area contributed by atoms with Gasteiger partial charge in [0.25, 0.3) is 0 Å². The van der Waals surface area contributed by atoms with Crippen LogP contribution in [0, 0.1) is 69.5 Å². The van der Waals surface area contributed by atoms with E-state index in [1.54, 1.807) is 12.2 Å². The zero-order chi connectivity index (χ0) is 37.1. The molecule has 0 amide bonds. The molecule has 0 aromatic rings. The summed E-state index contributed by atoms with van der Waals surface area (Å²) in [4.78, 5) is 66.5. The predicted molar refractivity (Wildman–Crippen MR) is 194 cm³/mol. The Balaban J connectivity index is 1.08. The first kappa shape index (κ1) is 34.8. The van der Waals surface area contributed by atoms with Crippen molar-refractivity contribution in [1.82, 2.24) is 0 Å². The van der Waals surface area contributed by atoms with Gasteiger partial charge in [0.15, 0.2) is 11.6 Å². The first-order chi connectivity index (χ1) is 25.2. The molecule has 0 N–H and O–H groups in total. The summed E-state index contributed by atoms with van der Waals surface area (Å²) >= 11 is 0. The van der Waals surface area contributed by atoms with E-state index in [-0.39, 0.29) is 63.9 Å². The van der Waals surface area contributed by atoms with Gasteiger partial charge >= 0.3 is 11.9 Å². The average molecular weight is 727 g/mol. The van der Waals surface area contributed by atoms with Crippen LogP contribution in [0.5, 0.6) is 0 Å². The molecule has 9 saturated carbocycles. The lowest BCUT2D eigenvalue weighted by Gasteiger charge is -2.69. The van der Waals surface area contributed by atoms with Crippen LogP contribution in [0.1, 0.15) is 130 Å². The number of Topliss-reactive ketones (excluding diaryl/α,β-unsaturated/α-hetero) is 1. The lowest BCUT2D eigenvalue weighted by atomic mass is 9.36. The van der Waals surface area contributed by atoms with E-state index in [1.165, 1.54) is 13.8 Å². The molecule has 15 atom stereocenters. The molecule has 11 rings (SSSR count). The van der Waals surface area contributed by atoms with E-state index in [4.69, 9.17) is 14.2 Å². The third-order valence-electron chi connectivity index (χ3n) is 19.1. The number of hydrogen-bond donors (Lipinski definition) is 0. The molecule has 0 aromatic heterocycles. The van der Waals surface area contributed by atoms with Gasteiger partial charge in [-0.25, -0.2) is 0 Å². The van der Waals surface area contributed by atoms with E-state index in [0.717, 1.165) is 81.8 Å². The molecule has 6 unspecified atom stereocenters. The third kappa shape index (κ3) is 4.10. The highest BCUT2D eigenvalue weighted by Gasteiger charge is 2.83. The second-order valence-corrected chi connectivity index (χ2v) is 20.4. The van der Waals surface area contributed by atoms with Gasteiger partial charge in [-0.3, -0.25) is 24.0 Å². The molecule has 53 heavy (non-hydrogen) atoms. The highest BCUT2D eigenvalue weighted by Crippen LogP contribution is 2.84. The Morgan fingerprint density at radius 2 is 1.34 bits per heavy atom. The van der Waals surface area contributed by atoms with Gasteiger partial charge in [-0.1, -0.05) is 13.8 Å². The fourth-order valence-corrected chi connectivity index (χ4v) is 17.9. The zero-order valence-corrected chi connectivity index (χ0v) is 32.4. The first-order valence-electron chi connectivity index (χ1n) is 21.1. The molecular weight excluding hydrogens is 668 g/mol. The molecule has 0 aromatic carbocycles. The smallest absolute Gasteiger partial charge is 0.303 e. The monoisotopic (exact) mass is 726 g/mol. The number of rotatable bonds is 3. The summed E-state index contributed by atoms with van der Waals surface area (Å²) in [6.45, 7) is 8.03. The quantitative estimate of drug-likeness (QED) is 0.276. The fourth-order valence-electron chi connectivity index (χ4n) is 17.9. The van der Waals surface area contributed by atoms with Crippen molar-refractivity contribution in [1.29, 1.82) is 0 Å². The molecular formula is C45H58O8. The average Bonchev–Trinajstić information content (AvgIpc) is 3.57. The van der Waals surface area contributed by atoms with E-state index in [9.17, 15) is 19.2 Å². The van der Waals surface area contributed by atoms with Gasteiger partial charge < -0.3 is 14.2 Å². The van der Waals surface area contributed by atoms with E-state index < -0.39 is 22.2 Å². The van der Waals surface area contributed by atoms with Crippen molar-refractivity contribution < 1.29 is 38.2 Å². The SMILES string of the molecule is CO[C@@]12CC(=O)C3(C(C[C@H]4CC5CCC6=CC(=O)CC[C@]6(OC(C)=O)C5C[C@@]43C)C1)C1C[C@H]3[C@@H]4CCC5=CC(=O)CC[C@]5(OC(C)=O)[C@H]4CC[C@]3(C)C12. The summed E-state index contributed by atoms with van der Waals surface area (Å²) < 4.78 is 19.6. The van der Waals surface area contributed by atoms with Gasteiger partial charge in [0, 0.05) is 57.5 Å². The lowest BCUT2D eigenvalue weighted by Crippen LogP contribution is -2.71. The van der Waals surface area contributed by atoms with Crippen LogP contribution in [0.25, 0.3) is 0 Å². The van der Waals surface area contributed by atoms with Crippen molar-refractivity contribution in [2.75, 3.05) is 7.11 Å². The minimum Gasteiger partial charge on any atom is -0.454 e. The summed E-state index contributed by atoms with van der Waals surface area (Å²) in [5.74, 6) is 2.71. The Labute approximate surface area is 314 Å². The largest absolute Gasteiger partial charge is 0.454 e. The maximum absolute atomic E-state index is 15.4. The van der Waals surface area contributed by atoms with E-state index >= 15 is 4.79 Å². The van der Waals surface area contributed by atoms with Gasteiger partial charge in [-0.2, -0.15) is 0 Å². The molecule has 0 radical (unpaired) electrons. The van der Waals surface area contributed by atoms with E-state index in [1.807, 2.05) is 7.11 Å². The number of ketones is 3. The highest BCUT2D eigenvalue weighted by atomic mass is 16.6. The molecule has 8 nitrogen and oxygen atoms in total. The number of carbonyl (C=O) groups excluding carboxylic acids is 5. The van der Waals surface area contributed by atoms with Gasteiger partial charge in [0.2, 0.25) is 0 Å². The number of fused-ring (bicyclic) bond motifs is 10. The van der Waals surface area contributed by atoms with Crippen LogP contribution in [0.2, 0.25) is 0 Å². The summed E-state index contributed by atoms with van der Waals surface area (Å²) in [5.41, 5.74) is -0.605. The summed E-state index contributed by atoms with van der Waals surface area (Å²) in [7, 11) is 1.87. The van der Waals surface area contributed by atoms with Crippen molar-refractivity contribution in [3.8, 4) is 0 Å². The number of esters is 2. The highest BCUT2D eigenvalue weighted by molar-refractivity contribution is 5.93. The minimum atomic E-state index is -0.754. The fraction of sp³-hybridized carbons (Fsp3) is 0.800. The van der Waals surface area contributed by atoms with Crippen molar-refractivity contribution in [3.63, 3.8) is 0 Å². The molecule has 0 aliphatic heterocycles. The standard InChI is InChI=1S/C45H58O8/c1-24(46)52-43-14-10-31(48)19-28(43)8-9-33-34(43)12-13-40(3)35(33)20-36-39(40)42(51-5)21-30-17-29-16-26-6-7-27-18-32(49)11-15-44(27,53-25(2)47)37(26)22-41(29,4)45(30,36)38(50)23-42/h18-19,26,29-30,33-37,39H,6-17,20-23H2,1-5H3/t26?,29-,30?,33-,34+,35+,36?,37?,39?,40+,41+,42-,43-,44-,45?/m1/s1. The summed E-state index contributed by atoms with van der Waals surface area (Å²) in [5, 5.41) is 0. The predicted octanol–water partition coefficient (Wildman–Crippen LogP) is 7.46. The number of methoxy groups -OCH3 is 1. The molecule has 11 aliphatic carbocycles. The van der Waals surface area contributed by atoms with Crippen LogP contribution in [-0.2, 0) is 38.2 Å². The van der Waals surface area contributed by atoms with Crippen molar-refractivity contribution in [2.24, 2.45) is 69.5 Å². The van der Waals surface area contributed by atoms with Crippen molar-refractivity contribution in [2.45, 2.75) is 147 Å². The Kier molecular flexibility index (Phi) is 7.25. The van der Waals surface area contributed by atoms with Crippen LogP contribution in [-0.4, -0.2) is 53.2 Å². The van der Waals surface area contributed by atoms with Gasteiger partial charge in [-0.05, 0) is 159 Å². The maximum atomic E-state index is 15.4. The van der Waals surface area contributed by atoms with Crippen LogP contribution in [0.4, 0.5) is 0 Å². The van der Waals surface area contributed by atoms with Crippen molar-refractivity contribution >= 4 is 29.3 Å². The van der Waals surface area contributed by atoms with Gasteiger partial charge in [-0.15, -0.1) is 0 Å². The summed E-state index contributed by atoms with van der Waals surface area (Å²) in [6, 6.07) is 0. The Morgan fingerprint density at radius 3 is 1.98 bits per heavy atom. The number of carbonyl (C=O) groups is 5. The Bertz CT molecular complexity index is 1790. The maximum Gasteiger partial charge on any atom is 0.303 e. The molecule has 286 valence electrons. The first-order valence-corrected chi connectivity index (χ1v) is 21.1. The number of hydrogen-bond acceptors (Lipinski definition) is 8. The topological polar surface area (TPSA) is 113 Å². The normalized spacial score (nSPS) is 53.0. The Hall–Kier alpha value is -2.61. The van der Waals surface area contributed by atoms with Crippen LogP contribution >= 0.6 is 0 Å². The van der Waals surface area contributed by atoms with Crippen LogP contribution < -0.4 is 0 Å². The number of ether oxygens (including phenoxy) is 3. The summed E-state index contributed by atoms with van der Waals surface area (Å²) in [6.07, 6.45) is 16.5. The second-order valence-electron chi connectivity index (χ2n) is 20.4. The lowest BCUT2D eigenvalue weighted by molar-refractivity contribution is -0.245.